The number of aromatic nitrogens is 4. The lowest BCUT2D eigenvalue weighted by Crippen LogP contribution is -2.29. The molecule has 1 atom stereocenters. The average molecular weight is 457 g/mol. The fourth-order valence-electron chi connectivity index (χ4n) is 3.84. The molecule has 170 valence electrons. The quantitative estimate of drug-likeness (QED) is 0.362. The summed E-state index contributed by atoms with van der Waals surface area (Å²) in [4.78, 5) is 33.0. The van der Waals surface area contributed by atoms with Crippen LogP contribution < -0.4 is 10.9 Å². The first-order chi connectivity index (χ1) is 16.5. The number of rotatable bonds is 6. The summed E-state index contributed by atoms with van der Waals surface area (Å²) in [6, 6.07) is 17.9. The average Bonchev–Trinajstić information content (AvgIpc) is 3.29. The van der Waals surface area contributed by atoms with Crippen LogP contribution in [0.4, 0.5) is 4.39 Å². The molecular formula is C25H20FN5O3. The minimum absolute atomic E-state index is 0.0409. The van der Waals surface area contributed by atoms with E-state index in [4.69, 9.17) is 0 Å². The maximum Gasteiger partial charge on any atom is 0.274 e. The maximum atomic E-state index is 13.3. The third-order valence-corrected chi connectivity index (χ3v) is 5.57. The molecule has 9 heteroatoms. The highest BCUT2D eigenvalue weighted by Gasteiger charge is 2.19. The van der Waals surface area contributed by atoms with Gasteiger partial charge in [-0.3, -0.25) is 9.59 Å². The largest absolute Gasteiger partial charge is 0.396 e. The van der Waals surface area contributed by atoms with Gasteiger partial charge in [-0.05, 0) is 36.2 Å². The Morgan fingerprint density at radius 1 is 1.12 bits per heavy atom. The molecule has 0 spiro atoms. The van der Waals surface area contributed by atoms with Crippen molar-refractivity contribution in [3.8, 4) is 11.4 Å². The summed E-state index contributed by atoms with van der Waals surface area (Å²) in [5, 5.41) is 17.4. The van der Waals surface area contributed by atoms with Crippen LogP contribution in [0.3, 0.4) is 0 Å². The zero-order valence-corrected chi connectivity index (χ0v) is 17.9. The molecule has 0 radical (unpaired) electrons. The zero-order valence-electron chi connectivity index (χ0n) is 17.9. The number of carbonyl (C=O) groups excluding carboxylic acids is 1. The van der Waals surface area contributed by atoms with Gasteiger partial charge in [-0.2, -0.15) is 5.10 Å². The number of hydrogen-bond donors (Lipinski definition) is 3. The second-order valence-corrected chi connectivity index (χ2v) is 7.84. The van der Waals surface area contributed by atoms with E-state index in [0.29, 0.717) is 17.0 Å². The number of benzene rings is 2. The molecule has 0 saturated carbocycles. The molecule has 2 aromatic carbocycles. The van der Waals surface area contributed by atoms with Gasteiger partial charge in [-0.25, -0.2) is 13.9 Å². The lowest BCUT2D eigenvalue weighted by atomic mass is 10.0. The van der Waals surface area contributed by atoms with Crippen LogP contribution in [-0.2, 0) is 0 Å². The number of aliphatic hydroxyl groups is 1. The smallest absolute Gasteiger partial charge is 0.274 e. The Morgan fingerprint density at radius 2 is 1.91 bits per heavy atom. The number of fused-ring (bicyclic) bond motifs is 2. The summed E-state index contributed by atoms with van der Waals surface area (Å²) in [5.74, 6) is -0.912. The van der Waals surface area contributed by atoms with Gasteiger partial charge in [0.15, 0.2) is 5.69 Å². The van der Waals surface area contributed by atoms with Gasteiger partial charge in [-0.15, -0.1) is 0 Å². The Morgan fingerprint density at radius 3 is 2.71 bits per heavy atom. The van der Waals surface area contributed by atoms with E-state index in [1.807, 2.05) is 30.3 Å². The highest BCUT2D eigenvalue weighted by atomic mass is 19.1. The summed E-state index contributed by atoms with van der Waals surface area (Å²) < 4.78 is 14.6. The van der Waals surface area contributed by atoms with Crippen molar-refractivity contribution in [2.24, 2.45) is 0 Å². The molecule has 34 heavy (non-hydrogen) atoms. The monoisotopic (exact) mass is 457 g/mol. The van der Waals surface area contributed by atoms with E-state index in [1.54, 1.807) is 24.4 Å². The van der Waals surface area contributed by atoms with Crippen molar-refractivity contribution in [1.29, 1.82) is 0 Å². The van der Waals surface area contributed by atoms with Crippen molar-refractivity contribution in [3.63, 3.8) is 0 Å². The molecule has 0 bridgehead atoms. The number of aromatic amines is 1. The Bertz CT molecular complexity index is 1560. The molecule has 0 aliphatic rings. The number of halogens is 1. The van der Waals surface area contributed by atoms with Crippen molar-refractivity contribution in [3.05, 3.63) is 100 Å². The first-order valence-electron chi connectivity index (χ1n) is 10.7. The highest BCUT2D eigenvalue weighted by molar-refractivity contribution is 5.93. The fraction of sp³-hybridized carbons (Fsp3) is 0.120. The third-order valence-electron chi connectivity index (χ3n) is 5.57. The lowest BCUT2D eigenvalue weighted by molar-refractivity contribution is 0.0924. The molecule has 3 aromatic heterocycles. The SMILES string of the molecule is O=C(N[C@H](CCO)c1ccc(F)cc1)c1cc2c(=O)[nH]c(-c3ccc4ccccc4n3)cn2n1. The number of amides is 1. The molecule has 0 unspecified atom stereocenters. The first kappa shape index (κ1) is 21.5. The van der Waals surface area contributed by atoms with Crippen LogP contribution in [0.5, 0.6) is 0 Å². The molecule has 5 rings (SSSR count). The molecule has 0 saturated heterocycles. The number of aliphatic hydroxyl groups excluding tert-OH is 1. The second kappa shape index (κ2) is 8.87. The molecule has 5 aromatic rings. The Balaban J connectivity index is 1.46. The predicted octanol–water partition coefficient (Wildman–Crippen LogP) is 3.23. The molecule has 3 heterocycles. The van der Waals surface area contributed by atoms with E-state index < -0.39 is 23.3 Å². The second-order valence-electron chi connectivity index (χ2n) is 7.84. The first-order valence-corrected chi connectivity index (χ1v) is 10.7. The Hall–Kier alpha value is -4.37. The predicted molar refractivity (Wildman–Crippen MR) is 125 cm³/mol. The van der Waals surface area contributed by atoms with E-state index in [0.717, 1.165) is 10.9 Å². The number of para-hydroxylation sites is 1. The van der Waals surface area contributed by atoms with Gasteiger partial charge >= 0.3 is 0 Å². The van der Waals surface area contributed by atoms with E-state index >= 15 is 0 Å². The molecular weight excluding hydrogens is 437 g/mol. The Labute approximate surface area is 192 Å². The maximum absolute atomic E-state index is 13.3. The number of hydrogen-bond acceptors (Lipinski definition) is 5. The number of carbonyl (C=O) groups is 1. The summed E-state index contributed by atoms with van der Waals surface area (Å²) in [6.45, 7) is -0.171. The van der Waals surface area contributed by atoms with Crippen molar-refractivity contribution in [1.82, 2.24) is 24.9 Å². The van der Waals surface area contributed by atoms with Crippen LogP contribution in [0.1, 0.15) is 28.5 Å². The normalized spacial score (nSPS) is 12.2. The number of H-pyrrole nitrogens is 1. The lowest BCUT2D eigenvalue weighted by Gasteiger charge is -2.17. The minimum Gasteiger partial charge on any atom is -0.396 e. The molecule has 3 N–H and O–H groups in total. The van der Waals surface area contributed by atoms with E-state index in [2.05, 4.69) is 20.4 Å². The van der Waals surface area contributed by atoms with E-state index in [1.165, 1.54) is 22.7 Å². The fourth-order valence-corrected chi connectivity index (χ4v) is 3.84. The van der Waals surface area contributed by atoms with Gasteiger partial charge in [0.25, 0.3) is 11.5 Å². The van der Waals surface area contributed by atoms with Crippen molar-refractivity contribution in [2.75, 3.05) is 6.61 Å². The summed E-state index contributed by atoms with van der Waals surface area (Å²) in [5.41, 5.74) is 2.30. The van der Waals surface area contributed by atoms with Gasteiger partial charge in [0.2, 0.25) is 0 Å². The summed E-state index contributed by atoms with van der Waals surface area (Å²) in [7, 11) is 0. The van der Waals surface area contributed by atoms with Crippen molar-refractivity contribution < 1.29 is 14.3 Å². The third kappa shape index (κ3) is 4.16. The topological polar surface area (TPSA) is 112 Å². The molecule has 0 aliphatic heterocycles. The zero-order chi connectivity index (χ0) is 23.7. The summed E-state index contributed by atoms with van der Waals surface area (Å²) in [6.07, 6.45) is 1.85. The Kier molecular flexibility index (Phi) is 5.60. The van der Waals surface area contributed by atoms with E-state index in [-0.39, 0.29) is 24.2 Å². The van der Waals surface area contributed by atoms with Gasteiger partial charge < -0.3 is 15.4 Å². The van der Waals surface area contributed by atoms with Gasteiger partial charge in [0.05, 0.1) is 29.1 Å². The van der Waals surface area contributed by atoms with Gasteiger partial charge in [0.1, 0.15) is 11.3 Å². The number of nitrogens with one attached hydrogen (secondary N) is 2. The molecule has 1 amide bonds. The van der Waals surface area contributed by atoms with Crippen LogP contribution in [-0.4, -0.2) is 37.2 Å². The minimum atomic E-state index is -0.543. The van der Waals surface area contributed by atoms with Crippen LogP contribution in [0.2, 0.25) is 0 Å². The van der Waals surface area contributed by atoms with Crippen molar-refractivity contribution >= 4 is 22.3 Å². The van der Waals surface area contributed by atoms with E-state index in [9.17, 15) is 19.1 Å². The van der Waals surface area contributed by atoms with Crippen LogP contribution in [0, 0.1) is 5.82 Å². The van der Waals surface area contributed by atoms with Crippen molar-refractivity contribution in [2.45, 2.75) is 12.5 Å². The molecule has 0 aliphatic carbocycles. The van der Waals surface area contributed by atoms with Crippen LogP contribution in [0.15, 0.2) is 77.7 Å². The van der Waals surface area contributed by atoms with Crippen LogP contribution >= 0.6 is 0 Å². The van der Waals surface area contributed by atoms with Crippen LogP contribution in [0.25, 0.3) is 27.8 Å². The number of pyridine rings is 1. The highest BCUT2D eigenvalue weighted by Crippen LogP contribution is 2.20. The van der Waals surface area contributed by atoms with Gasteiger partial charge in [-0.1, -0.05) is 36.4 Å². The summed E-state index contributed by atoms with van der Waals surface area (Å²) >= 11 is 0. The molecule has 8 nitrogen and oxygen atoms in total. The molecule has 0 fully saturated rings. The number of nitrogens with zero attached hydrogens (tertiary/aromatic N) is 3. The van der Waals surface area contributed by atoms with Gasteiger partial charge in [0, 0.05) is 18.1 Å². The standard InChI is InChI=1S/C25H20FN5O3/c26-17-8-5-16(6-9-17)19(11-12-32)28-24(33)21-13-23-25(34)29-22(14-31(23)30-21)20-10-7-15-3-1-2-4-18(15)27-20/h1-10,13-14,19,32H,11-12H2,(H,28,33)(H,29,34)/t19-/m1/s1.